The molecule has 1 fully saturated rings. The maximum Gasteiger partial charge on any atom is 0.338 e. The Morgan fingerprint density at radius 3 is 1.37 bits per heavy atom. The predicted octanol–water partition coefficient (Wildman–Crippen LogP) is 5.55. The zero-order valence-corrected chi connectivity index (χ0v) is 31.1. The van der Waals surface area contributed by atoms with Crippen LogP contribution in [0.25, 0.3) is 0 Å². The molecule has 1 N–H and O–H groups in total. The lowest BCUT2D eigenvalue weighted by molar-refractivity contribution is -0.298. The van der Waals surface area contributed by atoms with Crippen LogP contribution in [-0.4, -0.2) is 105 Å². The monoisotopic (exact) mass is 784 g/mol. The Kier molecular flexibility index (Phi) is 16.7. The molecular weight excluding hydrogens is 740 g/mol. The second-order valence-electron chi connectivity index (χ2n) is 12.7. The summed E-state index contributed by atoms with van der Waals surface area (Å²) in [5.41, 5.74) is 0.780. The first kappa shape index (κ1) is 42.2. The van der Waals surface area contributed by atoms with Gasteiger partial charge in [0.1, 0.15) is 12.7 Å². The van der Waals surface area contributed by atoms with E-state index in [0.717, 1.165) is 0 Å². The molecule has 0 bridgehead atoms. The van der Waals surface area contributed by atoms with Gasteiger partial charge in [-0.25, -0.2) is 19.2 Å². The summed E-state index contributed by atoms with van der Waals surface area (Å²) in [6.07, 6.45) is -6.39. The normalized spacial score (nSPS) is 18.8. The number of carbonyl (C=O) groups excluding carboxylic acids is 4. The predicted molar refractivity (Wildman–Crippen MR) is 201 cm³/mol. The average Bonchev–Trinajstić information content (AvgIpc) is 3.24. The number of aliphatic carboxylic acids is 1. The van der Waals surface area contributed by atoms with E-state index in [1.54, 1.807) is 97.1 Å². The van der Waals surface area contributed by atoms with E-state index in [-0.39, 0.29) is 48.5 Å². The van der Waals surface area contributed by atoms with Crippen LogP contribution in [0.3, 0.4) is 0 Å². The van der Waals surface area contributed by atoms with Gasteiger partial charge in [0, 0.05) is 19.8 Å². The molecule has 0 aromatic heterocycles. The maximum atomic E-state index is 13.7. The number of hydrogen-bond donors (Lipinski definition) is 1. The van der Waals surface area contributed by atoms with Crippen LogP contribution in [0.4, 0.5) is 0 Å². The fourth-order valence-electron chi connectivity index (χ4n) is 5.65. The molecule has 0 spiro atoms. The number of carbonyl (C=O) groups is 5. The van der Waals surface area contributed by atoms with Crippen molar-refractivity contribution < 1.29 is 67.0 Å². The Labute approximate surface area is 329 Å². The molecule has 1 heterocycles. The van der Waals surface area contributed by atoms with Gasteiger partial charge in [-0.3, -0.25) is 4.79 Å². The summed E-state index contributed by atoms with van der Waals surface area (Å²) >= 11 is 0. The topological polar surface area (TPSA) is 179 Å². The van der Waals surface area contributed by atoms with Gasteiger partial charge in [0.05, 0.1) is 41.9 Å². The van der Waals surface area contributed by atoms with Gasteiger partial charge in [-0.15, -0.1) is 0 Å². The first-order chi connectivity index (χ1) is 27.8. The largest absolute Gasteiger partial charge is 0.481 e. The zero-order chi connectivity index (χ0) is 40.2. The maximum absolute atomic E-state index is 13.7. The third kappa shape index (κ3) is 13.4. The highest BCUT2D eigenvalue weighted by atomic mass is 16.7. The molecular formula is C43H44O14. The summed E-state index contributed by atoms with van der Waals surface area (Å²) in [5, 5.41) is 8.73. The summed E-state index contributed by atoms with van der Waals surface area (Å²) in [6.45, 7) is 0.605. The molecule has 14 heteroatoms. The number of rotatable bonds is 21. The van der Waals surface area contributed by atoms with E-state index in [4.69, 9.17) is 43.0 Å². The van der Waals surface area contributed by atoms with Crippen LogP contribution < -0.4 is 0 Å². The van der Waals surface area contributed by atoms with E-state index in [2.05, 4.69) is 0 Å². The molecule has 0 aliphatic carbocycles. The van der Waals surface area contributed by atoms with Crippen LogP contribution in [0.1, 0.15) is 60.7 Å². The molecule has 14 nitrogen and oxygen atoms in total. The van der Waals surface area contributed by atoms with Crippen LogP contribution in [-0.2, 0) is 42.7 Å². The standard InChI is InChI=1S/C43H44O14/c44-35(45)23-28-51-25-13-24-50-26-14-27-52-43-38(57-42(49)33-21-11-4-12-22-33)37(56-41(48)32-19-9-3-10-20-32)36(55-40(47)31-17-7-2-8-18-31)34(54-43)29-53-39(46)30-15-5-1-6-16-30/h1-12,15-22,34,36-38,43H,13-14,23-29H2,(H,44,45)/t34?,36-,37+,38?,43+/m1/s1. The molecule has 4 aromatic carbocycles. The molecule has 2 unspecified atom stereocenters. The molecule has 0 amide bonds. The fraction of sp³-hybridized carbons (Fsp3) is 0.326. The lowest BCUT2D eigenvalue weighted by atomic mass is 9.97. The Morgan fingerprint density at radius 1 is 0.491 bits per heavy atom. The summed E-state index contributed by atoms with van der Waals surface area (Å²) in [4.78, 5) is 64.8. The van der Waals surface area contributed by atoms with Gasteiger partial charge in [-0.2, -0.15) is 0 Å². The van der Waals surface area contributed by atoms with Gasteiger partial charge < -0.3 is 43.0 Å². The van der Waals surface area contributed by atoms with Crippen LogP contribution in [0.15, 0.2) is 121 Å². The minimum Gasteiger partial charge on any atom is -0.481 e. The molecule has 4 aromatic rings. The summed E-state index contributed by atoms with van der Waals surface area (Å²) in [7, 11) is 0. The van der Waals surface area contributed by atoms with Gasteiger partial charge in [-0.05, 0) is 61.4 Å². The van der Waals surface area contributed by atoms with Crippen molar-refractivity contribution in [3.63, 3.8) is 0 Å². The molecule has 1 saturated heterocycles. The van der Waals surface area contributed by atoms with Crippen LogP contribution in [0, 0.1) is 0 Å². The van der Waals surface area contributed by atoms with Crippen molar-refractivity contribution in [1.82, 2.24) is 0 Å². The zero-order valence-electron chi connectivity index (χ0n) is 31.1. The fourth-order valence-corrected chi connectivity index (χ4v) is 5.65. The van der Waals surface area contributed by atoms with Gasteiger partial charge in [0.15, 0.2) is 24.6 Å². The SMILES string of the molecule is O=C(O)CCOCCCOCCCO[C@H]1OC(COC(=O)c2ccccc2)[C@@H](OC(=O)c2ccccc2)[C@H](OC(=O)c2ccccc2)C1OC(=O)c1ccccc1. The Hall–Kier alpha value is -5.93. The van der Waals surface area contributed by atoms with Crippen LogP contribution in [0.5, 0.6) is 0 Å². The summed E-state index contributed by atoms with van der Waals surface area (Å²) < 4.78 is 47.2. The summed E-state index contributed by atoms with van der Waals surface area (Å²) in [5.74, 6) is -4.04. The Morgan fingerprint density at radius 2 is 0.895 bits per heavy atom. The highest BCUT2D eigenvalue weighted by molar-refractivity contribution is 5.91. The van der Waals surface area contributed by atoms with Crippen molar-refractivity contribution in [2.75, 3.05) is 39.6 Å². The molecule has 1 aliphatic rings. The highest BCUT2D eigenvalue weighted by Gasteiger charge is 2.53. The molecule has 300 valence electrons. The lowest BCUT2D eigenvalue weighted by Crippen LogP contribution is -2.63. The average molecular weight is 785 g/mol. The quantitative estimate of drug-likeness (QED) is 0.0631. The van der Waals surface area contributed by atoms with E-state index >= 15 is 0 Å². The van der Waals surface area contributed by atoms with Crippen molar-refractivity contribution >= 4 is 29.8 Å². The number of hydrogen-bond acceptors (Lipinski definition) is 13. The molecule has 5 atom stereocenters. The van der Waals surface area contributed by atoms with Gasteiger partial charge in [0.25, 0.3) is 0 Å². The van der Waals surface area contributed by atoms with E-state index < -0.39 is 67.2 Å². The second-order valence-corrected chi connectivity index (χ2v) is 12.7. The Bertz CT molecular complexity index is 1860. The van der Waals surface area contributed by atoms with E-state index in [9.17, 15) is 24.0 Å². The van der Waals surface area contributed by atoms with E-state index in [0.29, 0.717) is 26.1 Å². The number of benzene rings is 4. The third-order valence-corrected chi connectivity index (χ3v) is 8.49. The molecule has 5 rings (SSSR count). The van der Waals surface area contributed by atoms with Gasteiger partial charge >= 0.3 is 29.8 Å². The van der Waals surface area contributed by atoms with Gasteiger partial charge in [0.2, 0.25) is 0 Å². The first-order valence-corrected chi connectivity index (χ1v) is 18.4. The summed E-state index contributed by atoms with van der Waals surface area (Å²) in [6, 6.07) is 32.5. The molecule has 0 radical (unpaired) electrons. The van der Waals surface area contributed by atoms with Crippen molar-refractivity contribution in [2.24, 2.45) is 0 Å². The minimum atomic E-state index is -1.53. The number of carboxylic acids is 1. The minimum absolute atomic E-state index is 0.0174. The molecule has 0 saturated carbocycles. The lowest BCUT2D eigenvalue weighted by Gasteiger charge is -2.44. The third-order valence-electron chi connectivity index (χ3n) is 8.49. The number of esters is 4. The molecule has 1 aliphatic heterocycles. The second kappa shape index (κ2) is 22.6. The van der Waals surface area contributed by atoms with Crippen molar-refractivity contribution in [3.05, 3.63) is 144 Å². The van der Waals surface area contributed by atoms with Crippen LogP contribution in [0.2, 0.25) is 0 Å². The number of carboxylic acid groups (broad SMARTS) is 1. The first-order valence-electron chi connectivity index (χ1n) is 18.4. The van der Waals surface area contributed by atoms with Crippen molar-refractivity contribution in [3.8, 4) is 0 Å². The molecule has 57 heavy (non-hydrogen) atoms. The van der Waals surface area contributed by atoms with Crippen LogP contribution >= 0.6 is 0 Å². The van der Waals surface area contributed by atoms with Crippen molar-refractivity contribution in [2.45, 2.75) is 50.0 Å². The van der Waals surface area contributed by atoms with Gasteiger partial charge in [-0.1, -0.05) is 72.8 Å². The van der Waals surface area contributed by atoms with E-state index in [1.165, 1.54) is 24.3 Å². The highest BCUT2D eigenvalue weighted by Crippen LogP contribution is 2.32. The number of ether oxygens (including phenoxy) is 8. The van der Waals surface area contributed by atoms with E-state index in [1.807, 2.05) is 0 Å². The van der Waals surface area contributed by atoms with Crippen molar-refractivity contribution in [1.29, 1.82) is 0 Å². The smallest absolute Gasteiger partial charge is 0.338 e. The Balaban J connectivity index is 1.40.